The van der Waals surface area contributed by atoms with Crippen molar-refractivity contribution in [3.63, 3.8) is 0 Å². The van der Waals surface area contributed by atoms with Gasteiger partial charge in [-0.2, -0.15) is 11.8 Å². The summed E-state index contributed by atoms with van der Waals surface area (Å²) >= 11 is 2.02. The van der Waals surface area contributed by atoms with E-state index in [0.717, 1.165) is 234 Å². The molecule has 0 atom stereocenters. The first-order chi connectivity index (χ1) is 33.4. The maximum absolute atomic E-state index is 5.36. The summed E-state index contributed by atoms with van der Waals surface area (Å²) in [5.41, 5.74) is 4.61. The van der Waals surface area contributed by atoms with Gasteiger partial charge < -0.3 is 95.1 Å². The van der Waals surface area contributed by atoms with Gasteiger partial charge in [-0.15, -0.1) is 0 Å². The Bertz CT molecular complexity index is 1100. The third-order valence-corrected chi connectivity index (χ3v) is 11.6. The molecule has 5 aliphatic heterocycles. The Hall–Kier alpha value is -2.32. The fourth-order valence-electron chi connectivity index (χ4n) is 6.87. The molecule has 0 saturated carbocycles. The van der Waals surface area contributed by atoms with Crippen molar-refractivity contribution in [2.75, 3.05) is 232 Å². The lowest BCUT2D eigenvalue weighted by Gasteiger charge is -2.16. The Balaban J connectivity index is 0.000000223. The van der Waals surface area contributed by atoms with E-state index in [4.69, 9.17) is 4.74 Å². The molecule has 1 aromatic heterocycles. The number of para-hydroxylation sites is 2. The van der Waals surface area contributed by atoms with E-state index in [-0.39, 0.29) is 0 Å². The first kappa shape index (κ1) is 59.0. The van der Waals surface area contributed by atoms with E-state index < -0.39 is 0 Å². The van der Waals surface area contributed by atoms with Gasteiger partial charge in [-0.05, 0) is 24.3 Å². The lowest BCUT2D eigenvalue weighted by molar-refractivity contribution is 0.137. The highest BCUT2D eigenvalue weighted by molar-refractivity contribution is 7.99. The molecule has 386 valence electrons. The molecule has 17 N–H and O–H groups in total. The number of fused-ring (bicyclic) bond motifs is 3. The number of nitrogens with zero attached hydrogens (tertiary/aromatic N) is 1. The number of aromatic nitrogens is 1. The summed E-state index contributed by atoms with van der Waals surface area (Å²) in [6.45, 7) is 34.6. The molecule has 0 aliphatic carbocycles. The van der Waals surface area contributed by atoms with Crippen LogP contribution in [0.4, 0.5) is 11.4 Å². The molecule has 20 heteroatoms. The second kappa shape index (κ2) is 47.4. The molecular weight excluding hydrogens is 865 g/mol. The Kier molecular flexibility index (Phi) is 41.7. The number of thioether (sulfide) groups is 1. The van der Waals surface area contributed by atoms with Crippen LogP contribution in [-0.4, -0.2) is 226 Å². The molecule has 0 spiro atoms. The SMILES string of the molecule is C1CNCCNCCNCCN1.C1CNCCOCCNCCN1.C1CNCCSCCNCCN1.c1cc2nc(c1)CNCCNCCNC2.c1ccc2c(c1)NCCNCCNCCN2. The van der Waals surface area contributed by atoms with E-state index >= 15 is 0 Å². The van der Waals surface area contributed by atoms with Crippen LogP contribution in [0.25, 0.3) is 0 Å². The predicted octanol–water partition coefficient (Wildman–Crippen LogP) is -2.79. The van der Waals surface area contributed by atoms with Gasteiger partial charge in [0, 0.05) is 221 Å². The largest absolute Gasteiger partial charge is 0.382 e. The second-order valence-electron chi connectivity index (χ2n) is 16.3. The molecule has 5 aliphatic rings. The fraction of sp³-hybridized carbons (Fsp3) is 0.766. The molecule has 0 amide bonds. The lowest BCUT2D eigenvalue weighted by Crippen LogP contribution is -2.39. The van der Waals surface area contributed by atoms with Crippen molar-refractivity contribution < 1.29 is 4.74 Å². The number of ether oxygens (including phenoxy) is 1. The molecule has 19 nitrogen and oxygen atoms in total. The van der Waals surface area contributed by atoms with E-state index in [1.54, 1.807) is 0 Å². The summed E-state index contributed by atoms with van der Waals surface area (Å²) in [6, 6.07) is 14.6. The molecule has 3 saturated heterocycles. The van der Waals surface area contributed by atoms with Gasteiger partial charge in [0.25, 0.3) is 0 Å². The minimum Gasteiger partial charge on any atom is -0.382 e. The van der Waals surface area contributed by atoms with Crippen molar-refractivity contribution >= 4 is 23.1 Å². The number of benzene rings is 1. The van der Waals surface area contributed by atoms with Gasteiger partial charge in [-0.3, -0.25) is 4.98 Å². The normalized spacial score (nSPS) is 21.5. The van der Waals surface area contributed by atoms with Crippen LogP contribution in [0.15, 0.2) is 42.5 Å². The lowest BCUT2D eigenvalue weighted by atomic mass is 10.2. The average molecular weight is 961 g/mol. The van der Waals surface area contributed by atoms with E-state index in [1.807, 2.05) is 11.8 Å². The van der Waals surface area contributed by atoms with Gasteiger partial charge >= 0.3 is 0 Å². The first-order valence-electron chi connectivity index (χ1n) is 25.7. The van der Waals surface area contributed by atoms with E-state index in [0.29, 0.717) is 0 Å². The monoisotopic (exact) mass is 961 g/mol. The van der Waals surface area contributed by atoms with Gasteiger partial charge in [-0.1, -0.05) is 18.2 Å². The van der Waals surface area contributed by atoms with Crippen LogP contribution >= 0.6 is 11.8 Å². The van der Waals surface area contributed by atoms with Crippen LogP contribution in [0.2, 0.25) is 0 Å². The van der Waals surface area contributed by atoms with Gasteiger partial charge in [0.15, 0.2) is 0 Å². The van der Waals surface area contributed by atoms with Crippen molar-refractivity contribution in [2.45, 2.75) is 13.1 Å². The van der Waals surface area contributed by atoms with Crippen molar-refractivity contribution in [3.05, 3.63) is 53.9 Å². The highest BCUT2D eigenvalue weighted by atomic mass is 32.2. The summed E-state index contributed by atoms with van der Waals surface area (Å²) < 4.78 is 5.36. The van der Waals surface area contributed by atoms with Crippen molar-refractivity contribution in [1.29, 1.82) is 0 Å². The summed E-state index contributed by atoms with van der Waals surface area (Å²) in [6.07, 6.45) is 0. The third-order valence-electron chi connectivity index (χ3n) is 10.6. The molecule has 7 rings (SSSR count). The molecule has 6 heterocycles. The third kappa shape index (κ3) is 38.2. The Morgan fingerprint density at radius 2 is 0.582 bits per heavy atom. The van der Waals surface area contributed by atoms with Gasteiger partial charge in [-0.25, -0.2) is 0 Å². The quantitative estimate of drug-likeness (QED) is 0.128. The van der Waals surface area contributed by atoms with Crippen LogP contribution in [-0.2, 0) is 17.8 Å². The Morgan fingerprint density at radius 3 is 0.925 bits per heavy atom. The summed E-state index contributed by atoms with van der Waals surface area (Å²) in [7, 11) is 0. The minimum absolute atomic E-state index is 0.821. The van der Waals surface area contributed by atoms with Gasteiger partial charge in [0.1, 0.15) is 0 Å². The second-order valence-corrected chi connectivity index (χ2v) is 17.6. The first-order valence-corrected chi connectivity index (χ1v) is 26.8. The van der Waals surface area contributed by atoms with Gasteiger partial charge in [0.05, 0.1) is 36.0 Å². The number of nitrogens with one attached hydrogen (secondary N) is 17. The molecule has 3 fully saturated rings. The zero-order valence-electron chi connectivity index (χ0n) is 41.3. The van der Waals surface area contributed by atoms with Crippen molar-refractivity contribution in [2.24, 2.45) is 0 Å². The average Bonchev–Trinajstić information content (AvgIpc) is 3.33. The maximum atomic E-state index is 5.36. The summed E-state index contributed by atoms with van der Waals surface area (Å²) in [5, 5.41) is 57.3. The molecule has 0 radical (unpaired) electrons. The number of hydrogen-bond acceptors (Lipinski definition) is 20. The minimum atomic E-state index is 0.821. The van der Waals surface area contributed by atoms with Crippen molar-refractivity contribution in [3.8, 4) is 0 Å². The summed E-state index contributed by atoms with van der Waals surface area (Å²) in [4.78, 5) is 4.56. The van der Waals surface area contributed by atoms with E-state index in [2.05, 4.69) is 138 Å². The summed E-state index contributed by atoms with van der Waals surface area (Å²) in [5.74, 6) is 2.48. The molecule has 1 aromatic carbocycles. The van der Waals surface area contributed by atoms with Crippen LogP contribution in [0, 0.1) is 0 Å². The predicted molar refractivity (Wildman–Crippen MR) is 287 cm³/mol. The maximum Gasteiger partial charge on any atom is 0.0591 e. The topological polar surface area (TPSA) is 227 Å². The van der Waals surface area contributed by atoms with Gasteiger partial charge in [0.2, 0.25) is 0 Å². The zero-order chi connectivity index (χ0) is 46.9. The van der Waals surface area contributed by atoms with Crippen LogP contribution in [0.1, 0.15) is 11.4 Å². The van der Waals surface area contributed by atoms with Crippen molar-refractivity contribution in [1.82, 2.24) is 84.7 Å². The number of rotatable bonds is 0. The Morgan fingerprint density at radius 1 is 0.299 bits per heavy atom. The Labute approximate surface area is 409 Å². The number of anilines is 2. The molecule has 67 heavy (non-hydrogen) atoms. The highest BCUT2D eigenvalue weighted by Crippen LogP contribution is 2.20. The van der Waals surface area contributed by atoms with E-state index in [9.17, 15) is 0 Å². The molecule has 2 bridgehead atoms. The molecular formula is C47H96N18OS. The fourth-order valence-corrected chi connectivity index (χ4v) is 7.65. The molecule has 0 unspecified atom stereocenters. The van der Waals surface area contributed by atoms with Crippen LogP contribution in [0.5, 0.6) is 0 Å². The van der Waals surface area contributed by atoms with Crippen LogP contribution in [0.3, 0.4) is 0 Å². The number of pyridine rings is 1. The number of hydrogen-bond donors (Lipinski definition) is 17. The zero-order valence-corrected chi connectivity index (χ0v) is 42.1. The van der Waals surface area contributed by atoms with E-state index in [1.165, 1.54) is 22.9 Å². The highest BCUT2D eigenvalue weighted by Gasteiger charge is 2.02. The smallest absolute Gasteiger partial charge is 0.0591 e. The molecule has 2 aromatic rings. The standard InChI is InChI=1S/C12H20N4.C11H18N4.C8H20N4.C8H19N3O.C8H19N3S/c1-2-4-12-11(3-1)15-9-7-13-5-6-14-8-10-16-12;1-2-10-8-13-6-4-12-5-7-14-9-11(3-1)15-10;1-2-10-5-6-12-8-7-11-4-3-9-1;2*1-3-10-5-7-12-8-6-11-4-2-9-1/h1-4,13-16H,5-10H2;1-3,12-14H,4-9H2;9-12H,1-8H2;2*9-11H,1-8H2. The van der Waals surface area contributed by atoms with Crippen LogP contribution < -0.4 is 90.4 Å².